The number of para-hydroxylation sites is 2. The van der Waals surface area contributed by atoms with Crippen molar-refractivity contribution in [3.05, 3.63) is 24.3 Å². The van der Waals surface area contributed by atoms with Gasteiger partial charge in [0.1, 0.15) is 17.9 Å². The average molecular weight is 250 g/mol. The zero-order valence-corrected chi connectivity index (χ0v) is 10.6. The van der Waals surface area contributed by atoms with Crippen LogP contribution in [0.5, 0.6) is 5.75 Å². The van der Waals surface area contributed by atoms with Gasteiger partial charge < -0.3 is 20.1 Å². The minimum Gasteiger partial charge on any atom is -0.487 e. The minimum atomic E-state index is -0.645. The number of amides is 1. The third-order valence-corrected chi connectivity index (χ3v) is 2.85. The quantitative estimate of drug-likeness (QED) is 0.860. The van der Waals surface area contributed by atoms with Crippen molar-refractivity contribution in [2.75, 3.05) is 25.2 Å². The Hall–Kier alpha value is -1.59. The van der Waals surface area contributed by atoms with Crippen molar-refractivity contribution in [1.82, 2.24) is 0 Å². The van der Waals surface area contributed by atoms with E-state index in [1.54, 1.807) is 4.90 Å². The van der Waals surface area contributed by atoms with Gasteiger partial charge in [0, 0.05) is 7.11 Å². The first-order chi connectivity index (χ1) is 8.63. The first kappa shape index (κ1) is 12.9. The second-order valence-corrected chi connectivity index (χ2v) is 4.41. The first-order valence-electron chi connectivity index (χ1n) is 5.95. The van der Waals surface area contributed by atoms with Crippen LogP contribution in [-0.4, -0.2) is 38.3 Å². The lowest BCUT2D eigenvalue weighted by atomic mass is 10.1. The van der Waals surface area contributed by atoms with Gasteiger partial charge in [0.05, 0.1) is 18.8 Å². The molecule has 0 aliphatic carbocycles. The molecule has 1 heterocycles. The van der Waals surface area contributed by atoms with E-state index in [0.717, 1.165) is 5.69 Å². The molecule has 2 N–H and O–H groups in total. The topological polar surface area (TPSA) is 64.8 Å². The SMILES string of the molecule is COCC(N)C(=O)N1CC(C)Oc2ccccc21. The predicted octanol–water partition coefficient (Wildman–Crippen LogP) is 0.774. The number of hydrogen-bond donors (Lipinski definition) is 1. The monoisotopic (exact) mass is 250 g/mol. The van der Waals surface area contributed by atoms with E-state index < -0.39 is 6.04 Å². The van der Waals surface area contributed by atoms with Gasteiger partial charge in [0.2, 0.25) is 5.91 Å². The van der Waals surface area contributed by atoms with Crippen molar-refractivity contribution in [2.24, 2.45) is 5.73 Å². The van der Waals surface area contributed by atoms with Crippen LogP contribution in [0.4, 0.5) is 5.69 Å². The summed E-state index contributed by atoms with van der Waals surface area (Å²) in [6, 6.07) is 6.83. The molecule has 1 amide bonds. The smallest absolute Gasteiger partial charge is 0.246 e. The summed E-state index contributed by atoms with van der Waals surface area (Å²) in [5, 5.41) is 0. The molecule has 0 saturated carbocycles. The number of anilines is 1. The summed E-state index contributed by atoms with van der Waals surface area (Å²) in [5.74, 6) is 0.577. The lowest BCUT2D eigenvalue weighted by molar-refractivity contribution is -0.121. The Balaban J connectivity index is 2.26. The molecule has 0 saturated heterocycles. The van der Waals surface area contributed by atoms with E-state index in [4.69, 9.17) is 15.2 Å². The van der Waals surface area contributed by atoms with Gasteiger partial charge >= 0.3 is 0 Å². The molecule has 0 aromatic heterocycles. The van der Waals surface area contributed by atoms with Crippen molar-refractivity contribution < 1.29 is 14.3 Å². The first-order valence-corrected chi connectivity index (χ1v) is 5.95. The second-order valence-electron chi connectivity index (χ2n) is 4.41. The largest absolute Gasteiger partial charge is 0.487 e. The number of rotatable bonds is 3. The number of nitrogens with zero attached hydrogens (tertiary/aromatic N) is 1. The zero-order chi connectivity index (χ0) is 13.1. The lowest BCUT2D eigenvalue weighted by Crippen LogP contribution is -2.50. The Morgan fingerprint density at radius 3 is 3.06 bits per heavy atom. The van der Waals surface area contributed by atoms with Crippen LogP contribution in [0.25, 0.3) is 0 Å². The molecule has 2 rings (SSSR count). The molecule has 5 nitrogen and oxygen atoms in total. The van der Waals surface area contributed by atoms with E-state index in [0.29, 0.717) is 12.3 Å². The van der Waals surface area contributed by atoms with Crippen LogP contribution in [0.3, 0.4) is 0 Å². The highest BCUT2D eigenvalue weighted by molar-refractivity contribution is 5.98. The number of ether oxygens (including phenoxy) is 2. The molecule has 2 unspecified atom stereocenters. The van der Waals surface area contributed by atoms with Crippen LogP contribution < -0.4 is 15.4 Å². The average Bonchev–Trinajstić information content (AvgIpc) is 2.37. The maximum Gasteiger partial charge on any atom is 0.246 e. The summed E-state index contributed by atoms with van der Waals surface area (Å²) in [4.78, 5) is 13.9. The maximum atomic E-state index is 12.3. The Labute approximate surface area is 106 Å². The standard InChI is InChI=1S/C13H18N2O3/c1-9-7-15(13(16)10(14)8-17-2)11-5-3-4-6-12(11)18-9/h3-6,9-10H,7-8,14H2,1-2H3. The number of carbonyl (C=O) groups excluding carboxylic acids is 1. The Bertz CT molecular complexity index is 436. The third-order valence-electron chi connectivity index (χ3n) is 2.85. The fourth-order valence-electron chi connectivity index (χ4n) is 2.05. The molecule has 98 valence electrons. The predicted molar refractivity (Wildman–Crippen MR) is 68.7 cm³/mol. The Kier molecular flexibility index (Phi) is 3.84. The summed E-state index contributed by atoms with van der Waals surface area (Å²) in [6.07, 6.45) is -0.0430. The van der Waals surface area contributed by atoms with Crippen LogP contribution >= 0.6 is 0 Å². The molecule has 0 bridgehead atoms. The van der Waals surface area contributed by atoms with Gasteiger partial charge in [-0.1, -0.05) is 12.1 Å². The van der Waals surface area contributed by atoms with E-state index in [9.17, 15) is 4.79 Å². The number of methoxy groups -OCH3 is 1. The van der Waals surface area contributed by atoms with Crippen molar-refractivity contribution in [1.29, 1.82) is 0 Å². The highest BCUT2D eigenvalue weighted by atomic mass is 16.5. The molecule has 0 fully saturated rings. The van der Waals surface area contributed by atoms with Gasteiger partial charge in [-0.15, -0.1) is 0 Å². The number of nitrogens with two attached hydrogens (primary N) is 1. The fourth-order valence-corrected chi connectivity index (χ4v) is 2.05. The Morgan fingerprint density at radius 2 is 2.33 bits per heavy atom. The van der Waals surface area contributed by atoms with Gasteiger partial charge in [0.15, 0.2) is 0 Å². The van der Waals surface area contributed by atoms with Crippen molar-refractivity contribution in [2.45, 2.75) is 19.1 Å². The minimum absolute atomic E-state index is 0.0430. The normalized spacial score (nSPS) is 19.9. The van der Waals surface area contributed by atoms with E-state index >= 15 is 0 Å². The number of benzene rings is 1. The fraction of sp³-hybridized carbons (Fsp3) is 0.462. The van der Waals surface area contributed by atoms with Crippen LogP contribution in [0.15, 0.2) is 24.3 Å². The van der Waals surface area contributed by atoms with Gasteiger partial charge in [-0.3, -0.25) is 4.79 Å². The maximum absolute atomic E-state index is 12.3. The van der Waals surface area contributed by atoms with Crippen LogP contribution in [0, 0.1) is 0 Å². The summed E-state index contributed by atoms with van der Waals surface area (Å²) in [5.41, 5.74) is 6.57. The molecule has 18 heavy (non-hydrogen) atoms. The molecule has 0 spiro atoms. The summed E-state index contributed by atoms with van der Waals surface area (Å²) in [6.45, 7) is 2.65. The van der Waals surface area contributed by atoms with Gasteiger partial charge in [0.25, 0.3) is 0 Å². The molecule has 1 aliphatic heterocycles. The number of carbonyl (C=O) groups is 1. The van der Waals surface area contributed by atoms with Gasteiger partial charge in [-0.25, -0.2) is 0 Å². The van der Waals surface area contributed by atoms with Crippen LogP contribution in [0.2, 0.25) is 0 Å². The highest BCUT2D eigenvalue weighted by Crippen LogP contribution is 2.33. The third kappa shape index (κ3) is 2.47. The van der Waals surface area contributed by atoms with E-state index in [1.807, 2.05) is 31.2 Å². The van der Waals surface area contributed by atoms with Gasteiger partial charge in [-0.05, 0) is 19.1 Å². The molecular weight excluding hydrogens is 232 g/mol. The zero-order valence-electron chi connectivity index (χ0n) is 10.6. The summed E-state index contributed by atoms with van der Waals surface area (Å²) in [7, 11) is 1.53. The molecule has 1 aliphatic rings. The van der Waals surface area contributed by atoms with E-state index in [-0.39, 0.29) is 18.6 Å². The van der Waals surface area contributed by atoms with E-state index in [1.165, 1.54) is 7.11 Å². The summed E-state index contributed by atoms with van der Waals surface area (Å²) < 4.78 is 10.6. The Morgan fingerprint density at radius 1 is 1.61 bits per heavy atom. The van der Waals surface area contributed by atoms with Crippen molar-refractivity contribution >= 4 is 11.6 Å². The molecule has 2 atom stereocenters. The number of fused-ring (bicyclic) bond motifs is 1. The van der Waals surface area contributed by atoms with Crippen molar-refractivity contribution in [3.8, 4) is 5.75 Å². The molecule has 5 heteroatoms. The highest BCUT2D eigenvalue weighted by Gasteiger charge is 2.30. The lowest BCUT2D eigenvalue weighted by Gasteiger charge is -2.34. The molecular formula is C13H18N2O3. The van der Waals surface area contributed by atoms with Crippen molar-refractivity contribution in [3.63, 3.8) is 0 Å². The van der Waals surface area contributed by atoms with Crippen LogP contribution in [-0.2, 0) is 9.53 Å². The molecule has 0 radical (unpaired) electrons. The number of hydrogen-bond acceptors (Lipinski definition) is 4. The van der Waals surface area contributed by atoms with Gasteiger partial charge in [-0.2, -0.15) is 0 Å². The van der Waals surface area contributed by atoms with Crippen LogP contribution in [0.1, 0.15) is 6.92 Å². The summed E-state index contributed by atoms with van der Waals surface area (Å²) >= 11 is 0. The second kappa shape index (κ2) is 5.37. The molecule has 1 aromatic rings. The molecule has 1 aromatic carbocycles. The van der Waals surface area contributed by atoms with E-state index in [2.05, 4.69) is 0 Å².